The Labute approximate surface area is 184 Å². The monoisotopic (exact) mass is 435 g/mol. The van der Waals surface area contributed by atoms with Crippen LogP contribution in [0.5, 0.6) is 5.88 Å². The number of hydrogen-bond donors (Lipinski definition) is 1. The molecule has 9 heteroatoms. The first-order valence-electron chi connectivity index (χ1n) is 9.80. The van der Waals surface area contributed by atoms with Gasteiger partial charge in [-0.3, -0.25) is 14.9 Å². The van der Waals surface area contributed by atoms with Crippen LogP contribution in [0.2, 0.25) is 0 Å². The molecule has 0 saturated heterocycles. The summed E-state index contributed by atoms with van der Waals surface area (Å²) in [7, 11) is 0. The number of aromatic nitrogens is 1. The van der Waals surface area contributed by atoms with Crippen molar-refractivity contribution in [3.05, 3.63) is 93.7 Å². The highest BCUT2D eigenvalue weighted by atomic mass is 16.6. The number of nitrogens with zero attached hydrogens (tertiary/aromatic N) is 2. The van der Waals surface area contributed by atoms with E-state index in [2.05, 4.69) is 10.3 Å². The van der Waals surface area contributed by atoms with Crippen LogP contribution in [-0.2, 0) is 9.53 Å². The van der Waals surface area contributed by atoms with Crippen molar-refractivity contribution in [1.29, 1.82) is 0 Å². The average Bonchev–Trinajstić information content (AvgIpc) is 2.79. The van der Waals surface area contributed by atoms with E-state index in [4.69, 9.17) is 9.47 Å². The molecule has 1 amide bonds. The lowest BCUT2D eigenvalue weighted by Gasteiger charge is -2.19. The van der Waals surface area contributed by atoms with Crippen LogP contribution in [-0.4, -0.2) is 28.4 Å². The molecule has 1 N–H and O–H groups in total. The minimum absolute atomic E-state index is 0.000960. The summed E-state index contributed by atoms with van der Waals surface area (Å²) in [6.07, 6.45) is 0.110. The predicted octanol–water partition coefficient (Wildman–Crippen LogP) is 4.23. The van der Waals surface area contributed by atoms with Crippen molar-refractivity contribution in [2.45, 2.75) is 20.0 Å². The third-order valence-electron chi connectivity index (χ3n) is 4.45. The maximum Gasteiger partial charge on any atom is 0.344 e. The number of hydrogen-bond acceptors (Lipinski definition) is 7. The van der Waals surface area contributed by atoms with Gasteiger partial charge in [-0.1, -0.05) is 36.4 Å². The average molecular weight is 435 g/mol. The Kier molecular flexibility index (Phi) is 7.12. The number of ether oxygens (including phenoxy) is 2. The van der Waals surface area contributed by atoms with Crippen molar-refractivity contribution in [3.8, 4) is 5.88 Å². The second-order valence-electron chi connectivity index (χ2n) is 6.75. The fraction of sp³-hybridized carbons (Fsp3) is 0.174. The molecule has 3 aromatic rings. The lowest BCUT2D eigenvalue weighted by atomic mass is 10.1. The highest BCUT2D eigenvalue weighted by Gasteiger charge is 2.29. The van der Waals surface area contributed by atoms with Crippen molar-refractivity contribution in [2.75, 3.05) is 11.9 Å². The Hall–Kier alpha value is -4.27. The number of carbonyl (C=O) groups excluding carboxylic acids is 2. The Balaban J connectivity index is 1.92. The maximum atomic E-state index is 13.1. The summed E-state index contributed by atoms with van der Waals surface area (Å²) in [6.45, 7) is 3.74. The van der Waals surface area contributed by atoms with E-state index >= 15 is 0 Å². The number of nitro groups is 1. The van der Waals surface area contributed by atoms with Gasteiger partial charge in [-0.05, 0) is 37.6 Å². The topological polar surface area (TPSA) is 121 Å². The summed E-state index contributed by atoms with van der Waals surface area (Å²) in [5.74, 6) is -1.47. The molecule has 0 spiro atoms. The van der Waals surface area contributed by atoms with Gasteiger partial charge in [-0.25, -0.2) is 9.78 Å². The van der Waals surface area contributed by atoms with Crippen molar-refractivity contribution >= 4 is 23.3 Å². The molecular formula is C23H21N3O6. The van der Waals surface area contributed by atoms with Gasteiger partial charge < -0.3 is 14.8 Å². The normalized spacial score (nSPS) is 11.3. The second kappa shape index (κ2) is 10.2. The summed E-state index contributed by atoms with van der Waals surface area (Å²) in [5, 5.41) is 13.9. The minimum atomic E-state index is -1.36. The number of nitrogens with one attached hydrogen (secondary N) is 1. The summed E-state index contributed by atoms with van der Waals surface area (Å²) < 4.78 is 10.9. The first-order chi connectivity index (χ1) is 15.4. The summed E-state index contributed by atoms with van der Waals surface area (Å²) in [6, 6.07) is 15.8. The van der Waals surface area contributed by atoms with Crippen molar-refractivity contribution in [3.63, 3.8) is 0 Å². The lowest BCUT2D eigenvalue weighted by Crippen LogP contribution is -2.26. The van der Waals surface area contributed by atoms with Crippen LogP contribution >= 0.6 is 0 Å². The Morgan fingerprint density at radius 2 is 1.88 bits per heavy atom. The number of amides is 1. The van der Waals surface area contributed by atoms with Gasteiger partial charge in [-0.15, -0.1) is 0 Å². The van der Waals surface area contributed by atoms with Crippen LogP contribution < -0.4 is 10.1 Å². The highest BCUT2D eigenvalue weighted by Crippen LogP contribution is 2.28. The number of rotatable bonds is 8. The minimum Gasteiger partial charge on any atom is -0.477 e. The smallest absolute Gasteiger partial charge is 0.344 e. The molecule has 1 heterocycles. The van der Waals surface area contributed by atoms with E-state index in [1.807, 2.05) is 0 Å². The number of anilines is 1. The van der Waals surface area contributed by atoms with Gasteiger partial charge in [-0.2, -0.15) is 0 Å². The van der Waals surface area contributed by atoms with E-state index in [9.17, 15) is 19.7 Å². The molecule has 0 fully saturated rings. The summed E-state index contributed by atoms with van der Waals surface area (Å²) in [5.41, 5.74) is 0.862. The maximum absolute atomic E-state index is 13.1. The van der Waals surface area contributed by atoms with E-state index in [1.165, 1.54) is 24.4 Å². The number of esters is 1. The molecule has 164 valence electrons. The van der Waals surface area contributed by atoms with Gasteiger partial charge in [0.2, 0.25) is 12.0 Å². The fourth-order valence-electron chi connectivity index (χ4n) is 2.97. The zero-order valence-corrected chi connectivity index (χ0v) is 17.5. The number of pyridine rings is 1. The number of carbonyl (C=O) groups is 2. The van der Waals surface area contributed by atoms with Gasteiger partial charge in [0.1, 0.15) is 11.3 Å². The molecule has 3 rings (SSSR count). The van der Waals surface area contributed by atoms with E-state index < -0.39 is 22.9 Å². The van der Waals surface area contributed by atoms with Crippen LogP contribution in [0.25, 0.3) is 0 Å². The largest absolute Gasteiger partial charge is 0.477 e. The molecule has 1 atom stereocenters. The Bertz CT molecular complexity index is 1130. The molecule has 0 aliphatic rings. The molecule has 0 aliphatic carbocycles. The molecule has 0 aliphatic heterocycles. The Morgan fingerprint density at radius 3 is 2.56 bits per heavy atom. The van der Waals surface area contributed by atoms with Crippen LogP contribution in [0.4, 0.5) is 11.4 Å². The van der Waals surface area contributed by atoms with Gasteiger partial charge in [0.25, 0.3) is 11.6 Å². The van der Waals surface area contributed by atoms with Gasteiger partial charge in [0, 0.05) is 17.8 Å². The zero-order chi connectivity index (χ0) is 23.1. The summed E-state index contributed by atoms with van der Waals surface area (Å²) >= 11 is 0. The predicted molar refractivity (Wildman–Crippen MR) is 116 cm³/mol. The number of aryl methyl sites for hydroxylation is 1. The van der Waals surface area contributed by atoms with E-state index in [0.29, 0.717) is 11.1 Å². The second-order valence-corrected chi connectivity index (χ2v) is 6.75. The Morgan fingerprint density at radius 1 is 1.12 bits per heavy atom. The molecule has 0 radical (unpaired) electrons. The van der Waals surface area contributed by atoms with Gasteiger partial charge in [0.05, 0.1) is 11.5 Å². The molecule has 0 bridgehead atoms. The van der Waals surface area contributed by atoms with Crippen molar-refractivity contribution in [2.24, 2.45) is 0 Å². The van der Waals surface area contributed by atoms with E-state index in [-0.39, 0.29) is 29.4 Å². The van der Waals surface area contributed by atoms with Crippen LogP contribution in [0, 0.1) is 17.0 Å². The van der Waals surface area contributed by atoms with Crippen LogP contribution in [0.3, 0.4) is 0 Å². The highest BCUT2D eigenvalue weighted by molar-refractivity contribution is 6.00. The standard InChI is InChI=1S/C23H21N3O6/c1-3-31-22-17(10-7-13-24-22)23(28)32-20(16-8-5-4-6-9-16)21(27)25-18-12-11-15(2)14-19(18)26(29)30/h4-14,20H,3H2,1-2H3,(H,25,27)/t20-/m0/s1. The summed E-state index contributed by atoms with van der Waals surface area (Å²) in [4.78, 5) is 40.8. The number of nitro benzene ring substituents is 1. The third kappa shape index (κ3) is 5.25. The SMILES string of the molecule is CCOc1ncccc1C(=O)O[C@H](C(=O)Nc1ccc(C)cc1[N+](=O)[O-])c1ccccc1. The molecule has 0 saturated carbocycles. The zero-order valence-electron chi connectivity index (χ0n) is 17.5. The van der Waals surface area contributed by atoms with E-state index in [0.717, 1.165) is 0 Å². The molecule has 0 unspecified atom stereocenters. The van der Waals surface area contributed by atoms with Crippen molar-refractivity contribution in [1.82, 2.24) is 4.98 Å². The van der Waals surface area contributed by atoms with E-state index in [1.54, 1.807) is 56.3 Å². The van der Waals surface area contributed by atoms with Crippen LogP contribution in [0.1, 0.15) is 34.5 Å². The van der Waals surface area contributed by atoms with Gasteiger partial charge in [0.15, 0.2) is 0 Å². The van der Waals surface area contributed by atoms with Crippen molar-refractivity contribution < 1.29 is 24.0 Å². The van der Waals surface area contributed by atoms with Crippen LogP contribution in [0.15, 0.2) is 66.9 Å². The fourth-order valence-corrected chi connectivity index (χ4v) is 2.97. The number of benzene rings is 2. The molecule has 9 nitrogen and oxygen atoms in total. The molecule has 32 heavy (non-hydrogen) atoms. The molecular weight excluding hydrogens is 414 g/mol. The molecule has 1 aromatic heterocycles. The first-order valence-corrected chi connectivity index (χ1v) is 9.80. The third-order valence-corrected chi connectivity index (χ3v) is 4.45. The quantitative estimate of drug-likeness (QED) is 0.319. The lowest BCUT2D eigenvalue weighted by molar-refractivity contribution is -0.384. The molecule has 2 aromatic carbocycles. The first kappa shape index (κ1) is 22.4. The van der Waals surface area contributed by atoms with Gasteiger partial charge >= 0.3 is 5.97 Å².